The van der Waals surface area contributed by atoms with E-state index in [1.54, 1.807) is 0 Å². The van der Waals surface area contributed by atoms with Gasteiger partial charge in [-0.3, -0.25) is 4.57 Å². The third-order valence-electron chi connectivity index (χ3n) is 7.52. The van der Waals surface area contributed by atoms with Gasteiger partial charge in [0.05, 0.1) is 11.0 Å². The quantitative estimate of drug-likeness (QED) is 0.250. The second-order valence-corrected chi connectivity index (χ2v) is 9.67. The van der Waals surface area contributed by atoms with Crippen molar-refractivity contribution in [3.63, 3.8) is 0 Å². The van der Waals surface area contributed by atoms with Crippen LogP contribution in [0.15, 0.2) is 115 Å². The van der Waals surface area contributed by atoms with Crippen LogP contribution in [0.5, 0.6) is 11.5 Å². The van der Waals surface area contributed by atoms with Gasteiger partial charge in [-0.2, -0.15) is 0 Å². The number of para-hydroxylation sites is 3. The fraction of sp³-hybridized carbons (Fsp3) is 0.0294. The van der Waals surface area contributed by atoms with Gasteiger partial charge in [-0.25, -0.2) is 4.98 Å². The molecule has 3 nitrogen and oxygen atoms in total. The molecule has 1 aliphatic rings. The summed E-state index contributed by atoms with van der Waals surface area (Å²) < 4.78 is 8.52. The molecule has 0 amide bonds. The van der Waals surface area contributed by atoms with E-state index in [1.165, 1.54) is 38.2 Å². The molecule has 2 heterocycles. The summed E-state index contributed by atoms with van der Waals surface area (Å²) in [5.74, 6) is 2.82. The second kappa shape index (κ2) is 7.55. The van der Waals surface area contributed by atoms with Gasteiger partial charge in [0, 0.05) is 16.6 Å². The molecule has 174 valence electrons. The van der Waals surface area contributed by atoms with Crippen LogP contribution >= 0.6 is 0 Å². The molecule has 0 saturated heterocycles. The van der Waals surface area contributed by atoms with Crippen LogP contribution in [0.2, 0.25) is 0 Å². The Morgan fingerprint density at radius 3 is 2.41 bits per heavy atom. The van der Waals surface area contributed by atoms with E-state index in [2.05, 4.69) is 109 Å². The average molecular weight is 475 g/mol. The van der Waals surface area contributed by atoms with Crippen molar-refractivity contribution < 1.29 is 4.74 Å². The highest BCUT2D eigenvalue weighted by atomic mass is 16.5. The zero-order valence-corrected chi connectivity index (χ0v) is 20.3. The van der Waals surface area contributed by atoms with Gasteiger partial charge in [0.15, 0.2) is 0 Å². The van der Waals surface area contributed by atoms with Crippen LogP contribution in [-0.4, -0.2) is 9.55 Å². The van der Waals surface area contributed by atoms with Crippen LogP contribution in [0.1, 0.15) is 5.82 Å². The number of hydrogen-bond donors (Lipinski definition) is 0. The van der Waals surface area contributed by atoms with Crippen LogP contribution in [0.4, 0.5) is 0 Å². The monoisotopic (exact) mass is 474 g/mol. The number of imidazole rings is 1. The number of aromatic nitrogens is 2. The van der Waals surface area contributed by atoms with Crippen molar-refractivity contribution in [1.82, 2.24) is 9.55 Å². The number of rotatable bonds is 2. The second-order valence-electron chi connectivity index (χ2n) is 9.67. The summed E-state index contributed by atoms with van der Waals surface area (Å²) in [7, 11) is 0. The highest BCUT2D eigenvalue weighted by Crippen LogP contribution is 2.48. The molecule has 0 atom stereocenters. The molecule has 8 rings (SSSR count). The molecule has 1 aromatic heterocycles. The van der Waals surface area contributed by atoms with Crippen molar-refractivity contribution in [2.45, 2.75) is 6.92 Å². The largest absolute Gasteiger partial charge is 0.456 e. The number of fused-ring (bicyclic) bond motifs is 4. The Hall–Kier alpha value is -4.89. The van der Waals surface area contributed by atoms with Crippen LogP contribution in [0, 0.1) is 6.92 Å². The third kappa shape index (κ3) is 2.98. The first-order valence-corrected chi connectivity index (χ1v) is 12.6. The maximum Gasteiger partial charge on any atom is 0.135 e. The lowest BCUT2D eigenvalue weighted by molar-refractivity contribution is 0.487. The zero-order valence-electron chi connectivity index (χ0n) is 20.3. The highest BCUT2D eigenvalue weighted by Gasteiger charge is 2.21. The van der Waals surface area contributed by atoms with Crippen molar-refractivity contribution in [2.24, 2.45) is 0 Å². The van der Waals surface area contributed by atoms with Crippen molar-refractivity contribution in [1.29, 1.82) is 0 Å². The smallest absolute Gasteiger partial charge is 0.135 e. The van der Waals surface area contributed by atoms with Crippen molar-refractivity contribution >= 4 is 32.6 Å². The van der Waals surface area contributed by atoms with Crippen molar-refractivity contribution in [2.75, 3.05) is 0 Å². The molecule has 0 N–H and O–H groups in total. The van der Waals surface area contributed by atoms with E-state index in [4.69, 9.17) is 9.72 Å². The number of ether oxygens (including phenoxy) is 1. The summed E-state index contributed by atoms with van der Waals surface area (Å²) in [6, 6.07) is 40.8. The number of nitrogens with zero attached hydrogens (tertiary/aromatic N) is 2. The maximum atomic E-state index is 6.29. The highest BCUT2D eigenvalue weighted by molar-refractivity contribution is 6.10. The van der Waals surface area contributed by atoms with Gasteiger partial charge in [0.2, 0.25) is 0 Å². The molecule has 37 heavy (non-hydrogen) atoms. The zero-order chi connectivity index (χ0) is 24.5. The predicted octanol–water partition coefficient (Wildman–Crippen LogP) is 9.08. The van der Waals surface area contributed by atoms with Gasteiger partial charge < -0.3 is 4.74 Å². The molecule has 0 bridgehead atoms. The van der Waals surface area contributed by atoms with E-state index in [-0.39, 0.29) is 0 Å². The predicted molar refractivity (Wildman–Crippen MR) is 152 cm³/mol. The van der Waals surface area contributed by atoms with E-state index in [0.29, 0.717) is 0 Å². The fourth-order valence-corrected chi connectivity index (χ4v) is 5.84. The van der Waals surface area contributed by atoms with Crippen molar-refractivity contribution in [3.8, 4) is 39.4 Å². The first kappa shape index (κ1) is 20.3. The average Bonchev–Trinajstić information content (AvgIpc) is 3.28. The van der Waals surface area contributed by atoms with Gasteiger partial charge in [-0.1, -0.05) is 72.8 Å². The molecule has 1 aliphatic heterocycles. The van der Waals surface area contributed by atoms with E-state index >= 15 is 0 Å². The minimum Gasteiger partial charge on any atom is -0.456 e. The minimum atomic E-state index is 0.915. The van der Waals surface area contributed by atoms with E-state index in [9.17, 15) is 0 Å². The molecule has 0 unspecified atom stereocenters. The lowest BCUT2D eigenvalue weighted by Crippen LogP contribution is -1.97. The summed E-state index contributed by atoms with van der Waals surface area (Å²) in [5, 5.41) is 4.81. The molecule has 0 saturated carbocycles. The van der Waals surface area contributed by atoms with E-state index < -0.39 is 0 Å². The fourth-order valence-electron chi connectivity index (χ4n) is 5.84. The van der Waals surface area contributed by atoms with Crippen LogP contribution in [0.3, 0.4) is 0 Å². The van der Waals surface area contributed by atoms with Gasteiger partial charge in [-0.05, 0) is 82.2 Å². The summed E-state index contributed by atoms with van der Waals surface area (Å²) in [6.45, 7) is 2.06. The Morgan fingerprint density at radius 1 is 0.622 bits per heavy atom. The summed E-state index contributed by atoms with van der Waals surface area (Å²) in [4.78, 5) is 4.75. The number of aryl methyl sites for hydroxylation is 1. The number of benzene rings is 6. The molecule has 0 radical (unpaired) electrons. The minimum absolute atomic E-state index is 0.915. The van der Waals surface area contributed by atoms with Crippen LogP contribution in [-0.2, 0) is 0 Å². The molecule has 6 aromatic carbocycles. The first-order chi connectivity index (χ1) is 18.2. The topological polar surface area (TPSA) is 27.1 Å². The van der Waals surface area contributed by atoms with Crippen LogP contribution < -0.4 is 4.74 Å². The van der Waals surface area contributed by atoms with Crippen molar-refractivity contribution in [3.05, 3.63) is 121 Å². The normalized spacial score (nSPS) is 12.1. The SMILES string of the molecule is Cc1nc2ccccc2n1-c1ccc2cc(-c3ccc4c5c(cccc35)-c3ccccc3O4)ccc2c1. The number of hydrogen-bond acceptors (Lipinski definition) is 2. The van der Waals surface area contributed by atoms with E-state index in [1.807, 2.05) is 18.2 Å². The molecular weight excluding hydrogens is 452 g/mol. The van der Waals surface area contributed by atoms with Crippen LogP contribution in [0.25, 0.3) is 60.5 Å². The van der Waals surface area contributed by atoms with Gasteiger partial charge in [-0.15, -0.1) is 0 Å². The Bertz CT molecular complexity index is 2030. The summed E-state index contributed by atoms with van der Waals surface area (Å²) in [6.07, 6.45) is 0. The Morgan fingerprint density at radius 2 is 1.43 bits per heavy atom. The summed E-state index contributed by atoms with van der Waals surface area (Å²) >= 11 is 0. The molecule has 3 heteroatoms. The van der Waals surface area contributed by atoms with Gasteiger partial charge in [0.1, 0.15) is 17.3 Å². The molecule has 0 fully saturated rings. The lowest BCUT2D eigenvalue weighted by atomic mass is 9.90. The first-order valence-electron chi connectivity index (χ1n) is 12.6. The Kier molecular flexibility index (Phi) is 4.15. The standard InChI is InChI=1S/C34H22N2O/c1-21-35-30-10-3-4-11-31(30)36(21)25-16-15-22-19-24(14-13-23(22)20-25)26-17-18-33-34-28(26)8-6-9-29(34)27-7-2-5-12-32(27)37-33/h2-20H,1H3. The molecule has 7 aromatic rings. The summed E-state index contributed by atoms with van der Waals surface area (Å²) in [5.41, 5.74) is 8.06. The molecule has 0 aliphatic carbocycles. The molecule has 0 spiro atoms. The molecular formula is C34H22N2O. The third-order valence-corrected chi connectivity index (χ3v) is 7.52. The maximum absolute atomic E-state index is 6.29. The van der Waals surface area contributed by atoms with Gasteiger partial charge in [0.25, 0.3) is 0 Å². The Balaban J connectivity index is 1.27. The Labute approximate surface area is 214 Å². The van der Waals surface area contributed by atoms with Gasteiger partial charge >= 0.3 is 0 Å². The van der Waals surface area contributed by atoms with E-state index in [0.717, 1.165) is 39.6 Å². The lowest BCUT2D eigenvalue weighted by Gasteiger charge is -2.22.